The Hall–Kier alpha value is -0.0800. The lowest BCUT2D eigenvalue weighted by atomic mass is 10.1. The molecule has 1 saturated heterocycles. The molecule has 19 heavy (non-hydrogen) atoms. The van der Waals surface area contributed by atoms with Crippen LogP contribution in [0, 0.1) is 0 Å². The lowest BCUT2D eigenvalue weighted by molar-refractivity contribution is -0.891. The number of epoxide rings is 1. The molecule has 114 valence electrons. The third-order valence-corrected chi connectivity index (χ3v) is 4.22. The summed E-state index contributed by atoms with van der Waals surface area (Å²) in [4.78, 5) is 0. The number of nitrogens with zero attached hydrogens (tertiary/aromatic N) is 1. The first kappa shape index (κ1) is 17.0. The van der Waals surface area contributed by atoms with Gasteiger partial charge >= 0.3 is 0 Å². The Morgan fingerprint density at radius 2 is 1.32 bits per heavy atom. The van der Waals surface area contributed by atoms with Crippen molar-refractivity contribution < 1.29 is 9.22 Å². The van der Waals surface area contributed by atoms with Gasteiger partial charge in [0.25, 0.3) is 0 Å². The fraction of sp³-hybridized carbons (Fsp3) is 1.00. The molecule has 0 N–H and O–H groups in total. The lowest BCUT2D eigenvalue weighted by Gasteiger charge is -2.29. The van der Waals surface area contributed by atoms with Crippen molar-refractivity contribution in [3.05, 3.63) is 0 Å². The topological polar surface area (TPSA) is 12.5 Å². The Morgan fingerprint density at radius 1 is 0.842 bits per heavy atom. The van der Waals surface area contributed by atoms with E-state index in [0.717, 1.165) is 11.1 Å². The zero-order chi connectivity index (χ0) is 14.0. The summed E-state index contributed by atoms with van der Waals surface area (Å²) in [5.74, 6) is 0. The number of hydrogen-bond donors (Lipinski definition) is 0. The zero-order valence-electron chi connectivity index (χ0n) is 13.6. The molecular weight excluding hydrogens is 234 g/mol. The third kappa shape index (κ3) is 10.4. The van der Waals surface area contributed by atoms with E-state index >= 15 is 0 Å². The van der Waals surface area contributed by atoms with Gasteiger partial charge in [-0.05, 0) is 12.8 Å². The molecule has 0 unspecified atom stereocenters. The van der Waals surface area contributed by atoms with Crippen LogP contribution < -0.4 is 0 Å². The van der Waals surface area contributed by atoms with Crippen LogP contribution in [0.5, 0.6) is 0 Å². The summed E-state index contributed by atoms with van der Waals surface area (Å²) < 4.78 is 6.47. The van der Waals surface area contributed by atoms with E-state index in [0.29, 0.717) is 6.10 Å². The average Bonchev–Trinajstić information content (AvgIpc) is 3.14. The second-order valence-electron chi connectivity index (χ2n) is 6.98. The molecule has 0 aromatic carbocycles. The van der Waals surface area contributed by atoms with Crippen LogP contribution in [0.25, 0.3) is 0 Å². The summed E-state index contributed by atoms with van der Waals surface area (Å²) in [5.41, 5.74) is 0. The second kappa shape index (κ2) is 9.77. The second-order valence-corrected chi connectivity index (χ2v) is 6.98. The van der Waals surface area contributed by atoms with Gasteiger partial charge in [0.15, 0.2) is 0 Å². The van der Waals surface area contributed by atoms with Gasteiger partial charge in [-0.25, -0.2) is 0 Å². The van der Waals surface area contributed by atoms with Crippen molar-refractivity contribution in [3.63, 3.8) is 0 Å². The summed E-state index contributed by atoms with van der Waals surface area (Å²) in [7, 11) is 4.69. The molecule has 1 aliphatic heterocycles. The molecule has 0 spiro atoms. The molecule has 0 amide bonds. The molecule has 2 heteroatoms. The van der Waals surface area contributed by atoms with Crippen molar-refractivity contribution in [1.29, 1.82) is 0 Å². The highest BCUT2D eigenvalue weighted by Gasteiger charge is 2.30. The molecule has 1 rings (SSSR count). The SMILES string of the molecule is CCCCCCCCCCCC[N+](C)(C)C[C@H]1CO1. The molecule has 1 fully saturated rings. The van der Waals surface area contributed by atoms with Gasteiger partial charge in [-0.3, -0.25) is 0 Å². The van der Waals surface area contributed by atoms with Crippen LogP contribution in [-0.4, -0.2) is 44.4 Å². The summed E-state index contributed by atoms with van der Waals surface area (Å²) >= 11 is 0. The Balaban J connectivity index is 1.80. The molecule has 0 bridgehead atoms. The smallest absolute Gasteiger partial charge is 0.130 e. The van der Waals surface area contributed by atoms with Crippen molar-refractivity contribution in [2.45, 2.75) is 77.2 Å². The summed E-state index contributed by atoms with van der Waals surface area (Å²) in [6, 6.07) is 0. The van der Waals surface area contributed by atoms with Crippen LogP contribution in [0.4, 0.5) is 0 Å². The van der Waals surface area contributed by atoms with Crippen molar-refractivity contribution in [2.24, 2.45) is 0 Å². The van der Waals surface area contributed by atoms with Gasteiger partial charge in [0.05, 0.1) is 27.2 Å². The molecule has 1 heterocycles. The minimum absolute atomic E-state index is 0.568. The molecule has 0 saturated carbocycles. The van der Waals surface area contributed by atoms with Crippen LogP contribution in [0.3, 0.4) is 0 Å². The van der Waals surface area contributed by atoms with Crippen molar-refractivity contribution >= 4 is 0 Å². The van der Waals surface area contributed by atoms with Crippen LogP contribution >= 0.6 is 0 Å². The van der Waals surface area contributed by atoms with Gasteiger partial charge in [-0.2, -0.15) is 0 Å². The Bertz CT molecular complexity index is 211. The van der Waals surface area contributed by atoms with E-state index in [1.165, 1.54) is 77.3 Å². The van der Waals surface area contributed by atoms with E-state index in [1.807, 2.05) is 0 Å². The highest BCUT2D eigenvalue weighted by Crippen LogP contribution is 2.16. The Kier molecular flexibility index (Phi) is 8.72. The number of quaternary nitrogens is 1. The fourth-order valence-corrected chi connectivity index (χ4v) is 2.84. The van der Waals surface area contributed by atoms with E-state index in [1.54, 1.807) is 0 Å². The Labute approximate surface area is 121 Å². The monoisotopic (exact) mass is 270 g/mol. The average molecular weight is 270 g/mol. The van der Waals surface area contributed by atoms with E-state index in [4.69, 9.17) is 4.74 Å². The number of likely N-dealkylation sites (N-methyl/N-ethyl adjacent to an activating group) is 1. The van der Waals surface area contributed by atoms with Gasteiger partial charge in [0, 0.05) is 0 Å². The number of ether oxygens (including phenoxy) is 1. The first-order valence-corrected chi connectivity index (χ1v) is 8.57. The quantitative estimate of drug-likeness (QED) is 0.275. The largest absolute Gasteiger partial charge is 0.367 e. The van der Waals surface area contributed by atoms with Gasteiger partial charge < -0.3 is 9.22 Å². The Morgan fingerprint density at radius 3 is 1.79 bits per heavy atom. The standard InChI is InChI=1S/C17H36NO/c1-4-5-6-7-8-9-10-11-12-13-14-18(2,3)15-17-16-19-17/h17H,4-16H2,1-3H3/q+1/t17-/m0/s1. The minimum atomic E-state index is 0.568. The van der Waals surface area contributed by atoms with E-state index in [-0.39, 0.29) is 0 Å². The molecule has 0 aromatic heterocycles. The summed E-state index contributed by atoms with van der Waals surface area (Å²) in [5, 5.41) is 0. The molecule has 0 radical (unpaired) electrons. The maximum absolute atomic E-state index is 5.33. The van der Waals surface area contributed by atoms with E-state index in [2.05, 4.69) is 21.0 Å². The van der Waals surface area contributed by atoms with E-state index in [9.17, 15) is 0 Å². The van der Waals surface area contributed by atoms with Gasteiger partial charge in [-0.1, -0.05) is 58.3 Å². The number of hydrogen-bond acceptors (Lipinski definition) is 1. The predicted molar refractivity (Wildman–Crippen MR) is 83.4 cm³/mol. The lowest BCUT2D eigenvalue weighted by Crippen LogP contribution is -2.43. The van der Waals surface area contributed by atoms with Crippen LogP contribution in [0.2, 0.25) is 0 Å². The molecule has 1 atom stereocenters. The first-order valence-electron chi connectivity index (χ1n) is 8.57. The predicted octanol–water partition coefficient (Wildman–Crippen LogP) is 4.38. The van der Waals surface area contributed by atoms with Crippen LogP contribution in [0.15, 0.2) is 0 Å². The normalized spacial score (nSPS) is 18.8. The molecule has 2 nitrogen and oxygen atoms in total. The molecule has 1 aliphatic rings. The van der Waals surface area contributed by atoms with Gasteiger partial charge in [0.1, 0.15) is 12.6 Å². The van der Waals surface area contributed by atoms with Crippen molar-refractivity contribution in [1.82, 2.24) is 0 Å². The van der Waals surface area contributed by atoms with Crippen molar-refractivity contribution in [2.75, 3.05) is 33.8 Å². The zero-order valence-corrected chi connectivity index (χ0v) is 13.6. The highest BCUT2D eigenvalue weighted by atomic mass is 16.6. The number of unbranched alkanes of at least 4 members (excludes halogenated alkanes) is 9. The fourth-order valence-electron chi connectivity index (χ4n) is 2.84. The molecular formula is C17H36NO+. The number of rotatable bonds is 13. The van der Waals surface area contributed by atoms with Crippen molar-refractivity contribution in [3.8, 4) is 0 Å². The molecule has 0 aromatic rings. The van der Waals surface area contributed by atoms with Crippen LogP contribution in [-0.2, 0) is 4.74 Å². The van der Waals surface area contributed by atoms with Gasteiger partial charge in [-0.15, -0.1) is 0 Å². The van der Waals surface area contributed by atoms with Gasteiger partial charge in [0.2, 0.25) is 0 Å². The maximum atomic E-state index is 5.33. The molecule has 0 aliphatic carbocycles. The maximum Gasteiger partial charge on any atom is 0.130 e. The summed E-state index contributed by atoms with van der Waals surface area (Å²) in [6.45, 7) is 5.81. The summed E-state index contributed by atoms with van der Waals surface area (Å²) in [6.07, 6.45) is 14.9. The van der Waals surface area contributed by atoms with E-state index < -0.39 is 0 Å². The third-order valence-electron chi connectivity index (χ3n) is 4.22. The van der Waals surface area contributed by atoms with Crippen LogP contribution in [0.1, 0.15) is 71.1 Å². The minimum Gasteiger partial charge on any atom is -0.367 e. The highest BCUT2D eigenvalue weighted by molar-refractivity contribution is 4.67. The first-order chi connectivity index (χ1) is 9.14.